The monoisotopic (exact) mass is 226 g/mol. The van der Waals surface area contributed by atoms with Gasteiger partial charge >= 0.3 is 5.97 Å². The third kappa shape index (κ3) is 2.10. The molecule has 0 amide bonds. The Labute approximate surface area is 97.2 Å². The zero-order valence-electron chi connectivity index (χ0n) is 10.1. The smallest absolute Gasteiger partial charge is 0.306 e. The standard InChI is InChI=1S/C13H22O3/c1-2-7-13(8-16-9-13)11-5-3-10(4-6-11)12(14)15/h10-11H,2-9H2,1H3,(H,14,15). The maximum atomic E-state index is 10.9. The van der Waals surface area contributed by atoms with Gasteiger partial charge in [-0.15, -0.1) is 0 Å². The summed E-state index contributed by atoms with van der Waals surface area (Å²) in [5, 5.41) is 8.98. The van der Waals surface area contributed by atoms with E-state index >= 15 is 0 Å². The first-order chi connectivity index (χ1) is 7.68. The Morgan fingerprint density at radius 3 is 2.31 bits per heavy atom. The Hall–Kier alpha value is -0.570. The van der Waals surface area contributed by atoms with E-state index in [1.807, 2.05) is 0 Å². The first kappa shape index (κ1) is 11.9. The average molecular weight is 226 g/mol. The highest BCUT2D eigenvalue weighted by Crippen LogP contribution is 2.47. The molecule has 0 aromatic rings. The van der Waals surface area contributed by atoms with E-state index in [4.69, 9.17) is 9.84 Å². The van der Waals surface area contributed by atoms with Crippen LogP contribution in [0.4, 0.5) is 0 Å². The van der Waals surface area contributed by atoms with Crippen LogP contribution in [0.2, 0.25) is 0 Å². The fraction of sp³-hybridized carbons (Fsp3) is 0.923. The predicted octanol–water partition coefficient (Wildman–Crippen LogP) is 2.69. The van der Waals surface area contributed by atoms with Crippen molar-refractivity contribution in [2.24, 2.45) is 17.3 Å². The highest BCUT2D eigenvalue weighted by Gasteiger charge is 2.46. The number of aliphatic carboxylic acids is 1. The Morgan fingerprint density at radius 2 is 1.94 bits per heavy atom. The lowest BCUT2D eigenvalue weighted by Crippen LogP contribution is -2.49. The Morgan fingerprint density at radius 1 is 1.31 bits per heavy atom. The Bertz CT molecular complexity index is 250. The third-order valence-electron chi connectivity index (χ3n) is 4.47. The van der Waals surface area contributed by atoms with Gasteiger partial charge in [-0.1, -0.05) is 13.3 Å². The lowest BCUT2D eigenvalue weighted by atomic mass is 9.64. The van der Waals surface area contributed by atoms with E-state index in [1.165, 1.54) is 12.8 Å². The molecule has 1 saturated carbocycles. The molecule has 0 aromatic carbocycles. The predicted molar refractivity (Wildman–Crippen MR) is 61.2 cm³/mol. The van der Waals surface area contributed by atoms with Crippen LogP contribution in [-0.2, 0) is 9.53 Å². The van der Waals surface area contributed by atoms with Crippen LogP contribution in [0, 0.1) is 17.3 Å². The molecule has 0 atom stereocenters. The molecule has 1 aliphatic carbocycles. The molecule has 2 fully saturated rings. The summed E-state index contributed by atoms with van der Waals surface area (Å²) in [6, 6.07) is 0. The number of rotatable bonds is 4. The van der Waals surface area contributed by atoms with E-state index in [-0.39, 0.29) is 5.92 Å². The van der Waals surface area contributed by atoms with Crippen molar-refractivity contribution in [3.05, 3.63) is 0 Å². The number of ether oxygens (including phenoxy) is 1. The summed E-state index contributed by atoms with van der Waals surface area (Å²) < 4.78 is 5.40. The quantitative estimate of drug-likeness (QED) is 0.801. The number of carboxylic acids is 1. The lowest BCUT2D eigenvalue weighted by molar-refractivity contribution is -0.163. The van der Waals surface area contributed by atoms with Crippen LogP contribution in [0.15, 0.2) is 0 Å². The molecule has 92 valence electrons. The van der Waals surface area contributed by atoms with Crippen LogP contribution in [0.5, 0.6) is 0 Å². The highest BCUT2D eigenvalue weighted by atomic mass is 16.5. The SMILES string of the molecule is CCCC1(C2CCC(C(=O)O)CC2)COC1. The molecule has 1 heterocycles. The van der Waals surface area contributed by atoms with Crippen LogP contribution >= 0.6 is 0 Å². The summed E-state index contributed by atoms with van der Waals surface area (Å²) in [5.41, 5.74) is 0.401. The van der Waals surface area contributed by atoms with E-state index < -0.39 is 5.97 Å². The zero-order chi connectivity index (χ0) is 11.6. The van der Waals surface area contributed by atoms with Crippen molar-refractivity contribution in [1.29, 1.82) is 0 Å². The summed E-state index contributed by atoms with van der Waals surface area (Å²) in [7, 11) is 0. The van der Waals surface area contributed by atoms with Crippen molar-refractivity contribution < 1.29 is 14.6 Å². The third-order valence-corrected chi connectivity index (χ3v) is 4.47. The molecule has 2 rings (SSSR count). The van der Waals surface area contributed by atoms with Crippen LogP contribution in [0.1, 0.15) is 45.4 Å². The van der Waals surface area contributed by atoms with Crippen molar-refractivity contribution in [2.45, 2.75) is 45.4 Å². The van der Waals surface area contributed by atoms with Gasteiger partial charge < -0.3 is 9.84 Å². The van der Waals surface area contributed by atoms with E-state index in [9.17, 15) is 4.79 Å². The summed E-state index contributed by atoms with van der Waals surface area (Å²) in [6.07, 6.45) is 6.36. The van der Waals surface area contributed by atoms with Gasteiger partial charge in [0.2, 0.25) is 0 Å². The molecular weight excluding hydrogens is 204 g/mol. The van der Waals surface area contributed by atoms with Crippen LogP contribution < -0.4 is 0 Å². The van der Waals surface area contributed by atoms with E-state index in [0.717, 1.165) is 38.9 Å². The van der Waals surface area contributed by atoms with Gasteiger partial charge in [0.25, 0.3) is 0 Å². The molecular formula is C13H22O3. The summed E-state index contributed by atoms with van der Waals surface area (Å²) >= 11 is 0. The van der Waals surface area contributed by atoms with Gasteiger partial charge in [-0.05, 0) is 38.0 Å². The van der Waals surface area contributed by atoms with E-state index in [2.05, 4.69) is 6.92 Å². The van der Waals surface area contributed by atoms with Crippen molar-refractivity contribution in [2.75, 3.05) is 13.2 Å². The topological polar surface area (TPSA) is 46.5 Å². The summed E-state index contributed by atoms with van der Waals surface area (Å²) in [4.78, 5) is 10.9. The van der Waals surface area contributed by atoms with Gasteiger partial charge in [0.05, 0.1) is 19.1 Å². The van der Waals surface area contributed by atoms with Gasteiger partial charge in [0, 0.05) is 5.41 Å². The van der Waals surface area contributed by atoms with Gasteiger partial charge in [-0.3, -0.25) is 4.79 Å². The molecule has 1 aliphatic heterocycles. The number of carbonyl (C=O) groups is 1. The van der Waals surface area contributed by atoms with Gasteiger partial charge in [-0.2, -0.15) is 0 Å². The molecule has 0 spiro atoms. The molecule has 1 saturated heterocycles. The highest BCUT2D eigenvalue weighted by molar-refractivity contribution is 5.70. The van der Waals surface area contributed by atoms with Crippen LogP contribution in [0.25, 0.3) is 0 Å². The largest absolute Gasteiger partial charge is 0.481 e. The van der Waals surface area contributed by atoms with Crippen molar-refractivity contribution in [1.82, 2.24) is 0 Å². The summed E-state index contributed by atoms with van der Waals surface area (Å²) in [5.74, 6) is 0.0144. The second-order valence-electron chi connectivity index (χ2n) is 5.49. The second kappa shape index (κ2) is 4.74. The minimum Gasteiger partial charge on any atom is -0.481 e. The van der Waals surface area contributed by atoms with E-state index in [0.29, 0.717) is 11.3 Å². The first-order valence-corrected chi connectivity index (χ1v) is 6.48. The molecule has 2 aliphatic rings. The van der Waals surface area contributed by atoms with Gasteiger partial charge in [0.15, 0.2) is 0 Å². The minimum absolute atomic E-state index is 0.0871. The van der Waals surface area contributed by atoms with Crippen LogP contribution in [-0.4, -0.2) is 24.3 Å². The van der Waals surface area contributed by atoms with E-state index in [1.54, 1.807) is 0 Å². The van der Waals surface area contributed by atoms with Crippen molar-refractivity contribution in [3.63, 3.8) is 0 Å². The van der Waals surface area contributed by atoms with Gasteiger partial charge in [0.1, 0.15) is 0 Å². The van der Waals surface area contributed by atoms with Crippen LogP contribution in [0.3, 0.4) is 0 Å². The maximum absolute atomic E-state index is 10.9. The maximum Gasteiger partial charge on any atom is 0.306 e. The molecule has 16 heavy (non-hydrogen) atoms. The zero-order valence-corrected chi connectivity index (χ0v) is 10.1. The number of carboxylic acid groups (broad SMARTS) is 1. The molecule has 0 unspecified atom stereocenters. The fourth-order valence-electron chi connectivity index (χ4n) is 3.40. The Kier molecular flexibility index (Phi) is 3.53. The minimum atomic E-state index is -0.604. The number of hydrogen-bond acceptors (Lipinski definition) is 2. The van der Waals surface area contributed by atoms with Gasteiger partial charge in [-0.25, -0.2) is 0 Å². The number of hydrogen-bond donors (Lipinski definition) is 1. The van der Waals surface area contributed by atoms with Crippen molar-refractivity contribution >= 4 is 5.97 Å². The normalized spacial score (nSPS) is 33.1. The lowest BCUT2D eigenvalue weighted by Gasteiger charge is -2.49. The molecule has 3 heteroatoms. The fourth-order valence-corrected chi connectivity index (χ4v) is 3.40. The average Bonchev–Trinajstić information content (AvgIpc) is 2.23. The Balaban J connectivity index is 1.90. The van der Waals surface area contributed by atoms with Crippen molar-refractivity contribution in [3.8, 4) is 0 Å². The summed E-state index contributed by atoms with van der Waals surface area (Å²) in [6.45, 7) is 4.04. The first-order valence-electron chi connectivity index (χ1n) is 6.48. The molecule has 0 radical (unpaired) electrons. The molecule has 1 N–H and O–H groups in total. The second-order valence-corrected chi connectivity index (χ2v) is 5.49. The molecule has 0 bridgehead atoms. The molecule has 0 aromatic heterocycles. The molecule has 3 nitrogen and oxygen atoms in total.